The van der Waals surface area contributed by atoms with E-state index >= 15 is 0 Å². The molecule has 1 fully saturated rings. The van der Waals surface area contributed by atoms with Crippen LogP contribution in [0.15, 0.2) is 35.6 Å². The highest BCUT2D eigenvalue weighted by Gasteiger charge is 2.60. The third-order valence-electron chi connectivity index (χ3n) is 4.78. The quantitative estimate of drug-likeness (QED) is 0.609. The lowest BCUT2D eigenvalue weighted by molar-refractivity contribution is 0.457. The van der Waals surface area contributed by atoms with Crippen LogP contribution in [0.3, 0.4) is 0 Å². The second kappa shape index (κ2) is 4.14. The summed E-state index contributed by atoms with van der Waals surface area (Å²) in [6.07, 6.45) is 1.04. The Morgan fingerprint density at radius 1 is 1.00 bits per heavy atom. The van der Waals surface area contributed by atoms with Gasteiger partial charge in [0, 0.05) is 16.4 Å². The van der Waals surface area contributed by atoms with Gasteiger partial charge in [0.2, 0.25) is 0 Å². The fraction of sp³-hybridized carbons (Fsp3) is 0.500. The zero-order chi connectivity index (χ0) is 13.6. The number of hydrogen-bond donors (Lipinski definition) is 0. The van der Waals surface area contributed by atoms with E-state index in [0.717, 1.165) is 6.42 Å². The highest BCUT2D eigenvalue weighted by atomic mass is 14.6. The van der Waals surface area contributed by atoms with Crippen LogP contribution in [-0.2, 0) is 0 Å². The monoisotopic (exact) mass is 240 g/mol. The van der Waals surface area contributed by atoms with Crippen LogP contribution in [0.25, 0.3) is 5.57 Å². The minimum Gasteiger partial charge on any atom is -0.116 e. The normalized spacial score (nSPS) is 19.3. The Hall–Kier alpha value is -1.26. The first-order valence-corrected chi connectivity index (χ1v) is 6.88. The summed E-state index contributed by atoms with van der Waals surface area (Å²) in [6.45, 7) is 13.6. The molecule has 0 aliphatic heterocycles. The van der Waals surface area contributed by atoms with E-state index in [2.05, 4.69) is 71.5 Å². The maximum absolute atomic E-state index is 3.69. The van der Waals surface area contributed by atoms with Gasteiger partial charge in [-0.05, 0) is 24.5 Å². The SMILES string of the molecule is CCC(=C=C1C(C)(C)C1(C)C)c1ccc(C)cc1. The van der Waals surface area contributed by atoms with Crippen molar-refractivity contribution in [3.8, 4) is 0 Å². The lowest BCUT2D eigenvalue weighted by Gasteiger charge is -2.02. The van der Waals surface area contributed by atoms with E-state index in [1.165, 1.54) is 22.3 Å². The molecule has 1 aromatic carbocycles. The molecule has 0 heteroatoms. The molecule has 18 heavy (non-hydrogen) atoms. The third kappa shape index (κ3) is 1.95. The molecule has 2 rings (SSSR count). The Balaban J connectivity index is 2.49. The van der Waals surface area contributed by atoms with Crippen LogP contribution in [0.1, 0.15) is 52.2 Å². The molecule has 0 atom stereocenters. The molecule has 1 aliphatic rings. The van der Waals surface area contributed by atoms with Crippen molar-refractivity contribution in [2.24, 2.45) is 10.8 Å². The number of rotatable bonds is 2. The van der Waals surface area contributed by atoms with Gasteiger partial charge in [-0.2, -0.15) is 0 Å². The average molecular weight is 240 g/mol. The first-order valence-electron chi connectivity index (χ1n) is 6.88. The van der Waals surface area contributed by atoms with Crippen LogP contribution in [0, 0.1) is 17.8 Å². The molecule has 96 valence electrons. The molecule has 1 saturated carbocycles. The van der Waals surface area contributed by atoms with Gasteiger partial charge < -0.3 is 0 Å². The molecule has 0 unspecified atom stereocenters. The molecule has 0 N–H and O–H groups in total. The van der Waals surface area contributed by atoms with Crippen molar-refractivity contribution >= 4 is 5.57 Å². The van der Waals surface area contributed by atoms with E-state index in [1.807, 2.05) is 0 Å². The lowest BCUT2D eigenvalue weighted by Crippen LogP contribution is -1.95. The van der Waals surface area contributed by atoms with Crippen molar-refractivity contribution in [2.75, 3.05) is 0 Å². The summed E-state index contributed by atoms with van der Waals surface area (Å²) >= 11 is 0. The van der Waals surface area contributed by atoms with Crippen LogP contribution < -0.4 is 0 Å². The van der Waals surface area contributed by atoms with E-state index in [-0.39, 0.29) is 0 Å². The molecule has 1 aliphatic carbocycles. The Kier molecular flexibility index (Phi) is 3.03. The second-order valence-corrected chi connectivity index (χ2v) is 6.45. The van der Waals surface area contributed by atoms with Gasteiger partial charge >= 0.3 is 0 Å². The molecule has 0 spiro atoms. The Labute approximate surface area is 111 Å². The van der Waals surface area contributed by atoms with Gasteiger partial charge in [0.25, 0.3) is 0 Å². The van der Waals surface area contributed by atoms with Crippen LogP contribution in [0.2, 0.25) is 0 Å². The molecular formula is C18H24. The lowest BCUT2D eigenvalue weighted by atomic mass is 10.0. The summed E-state index contributed by atoms with van der Waals surface area (Å²) in [5, 5.41) is 0. The van der Waals surface area contributed by atoms with Gasteiger partial charge in [-0.3, -0.25) is 0 Å². The largest absolute Gasteiger partial charge is 0.116 e. The smallest absolute Gasteiger partial charge is 0.00316 e. The standard InChI is InChI=1S/C18H24/c1-7-14(15-10-8-13(2)9-11-15)12-16-17(3,4)18(16,5)6/h8-11H,7H2,1-6H3. The van der Waals surface area contributed by atoms with Crippen molar-refractivity contribution in [1.29, 1.82) is 0 Å². The summed E-state index contributed by atoms with van der Waals surface area (Å²) in [4.78, 5) is 0. The maximum atomic E-state index is 3.69. The molecule has 0 heterocycles. The second-order valence-electron chi connectivity index (χ2n) is 6.45. The van der Waals surface area contributed by atoms with Crippen LogP contribution in [-0.4, -0.2) is 0 Å². The van der Waals surface area contributed by atoms with E-state index in [1.54, 1.807) is 0 Å². The highest BCUT2D eigenvalue weighted by molar-refractivity contribution is 5.67. The average Bonchev–Trinajstić information content (AvgIpc) is 2.69. The zero-order valence-electron chi connectivity index (χ0n) is 12.5. The predicted octanol–water partition coefficient (Wildman–Crippen LogP) is 5.38. The van der Waals surface area contributed by atoms with Crippen molar-refractivity contribution in [2.45, 2.75) is 48.0 Å². The third-order valence-corrected chi connectivity index (χ3v) is 4.78. The summed E-state index contributed by atoms with van der Waals surface area (Å²) in [6, 6.07) is 8.79. The number of benzene rings is 1. The number of aryl methyl sites for hydroxylation is 1. The van der Waals surface area contributed by atoms with E-state index in [9.17, 15) is 0 Å². The highest BCUT2D eigenvalue weighted by Crippen LogP contribution is 2.67. The summed E-state index contributed by atoms with van der Waals surface area (Å²) < 4.78 is 0. The van der Waals surface area contributed by atoms with Crippen LogP contribution in [0.4, 0.5) is 0 Å². The Bertz CT molecular complexity index is 502. The van der Waals surface area contributed by atoms with Crippen molar-refractivity contribution in [3.63, 3.8) is 0 Å². The van der Waals surface area contributed by atoms with Gasteiger partial charge in [0.05, 0.1) is 0 Å². The number of hydrogen-bond acceptors (Lipinski definition) is 0. The molecule has 0 saturated heterocycles. The molecule has 1 aromatic rings. The van der Waals surface area contributed by atoms with E-state index in [0.29, 0.717) is 10.8 Å². The Morgan fingerprint density at radius 2 is 1.50 bits per heavy atom. The minimum atomic E-state index is 0.304. The molecular weight excluding hydrogens is 216 g/mol. The molecule has 0 bridgehead atoms. The van der Waals surface area contributed by atoms with Crippen molar-refractivity contribution < 1.29 is 0 Å². The van der Waals surface area contributed by atoms with Gasteiger partial charge in [0.1, 0.15) is 0 Å². The van der Waals surface area contributed by atoms with Crippen LogP contribution >= 0.6 is 0 Å². The van der Waals surface area contributed by atoms with Gasteiger partial charge in [-0.25, -0.2) is 0 Å². The van der Waals surface area contributed by atoms with Crippen molar-refractivity contribution in [1.82, 2.24) is 0 Å². The number of allylic oxidation sites excluding steroid dienone is 1. The molecule has 0 aromatic heterocycles. The minimum absolute atomic E-state index is 0.304. The van der Waals surface area contributed by atoms with Gasteiger partial charge in [-0.1, -0.05) is 64.4 Å². The topological polar surface area (TPSA) is 0 Å². The summed E-state index contributed by atoms with van der Waals surface area (Å²) in [5.74, 6) is 0. The predicted molar refractivity (Wildman–Crippen MR) is 79.5 cm³/mol. The fourth-order valence-electron chi connectivity index (χ4n) is 2.61. The Morgan fingerprint density at radius 3 is 1.89 bits per heavy atom. The first kappa shape index (κ1) is 13.2. The van der Waals surface area contributed by atoms with E-state index < -0.39 is 0 Å². The van der Waals surface area contributed by atoms with Gasteiger partial charge in [0.15, 0.2) is 0 Å². The maximum Gasteiger partial charge on any atom is 0.00316 e. The molecule has 0 radical (unpaired) electrons. The van der Waals surface area contributed by atoms with Gasteiger partial charge in [-0.15, -0.1) is 5.73 Å². The zero-order valence-corrected chi connectivity index (χ0v) is 12.5. The summed E-state index contributed by atoms with van der Waals surface area (Å²) in [7, 11) is 0. The first-order chi connectivity index (χ1) is 8.30. The van der Waals surface area contributed by atoms with Crippen molar-refractivity contribution in [3.05, 3.63) is 46.7 Å². The van der Waals surface area contributed by atoms with Crippen LogP contribution in [0.5, 0.6) is 0 Å². The fourth-order valence-corrected chi connectivity index (χ4v) is 2.61. The summed E-state index contributed by atoms with van der Waals surface area (Å²) in [5.41, 5.74) is 9.73. The van der Waals surface area contributed by atoms with E-state index in [4.69, 9.17) is 0 Å². The molecule has 0 nitrogen and oxygen atoms in total. The molecule has 0 amide bonds.